The Hall–Kier alpha value is -1.81. The van der Waals surface area contributed by atoms with Crippen LogP contribution in [-0.2, 0) is 16.3 Å². The van der Waals surface area contributed by atoms with Gasteiger partial charge in [-0.15, -0.1) is 0 Å². The molecular weight excluding hydrogens is 344 g/mol. The molecule has 0 saturated carbocycles. The van der Waals surface area contributed by atoms with Crippen LogP contribution in [-0.4, -0.2) is 19.4 Å². The van der Waals surface area contributed by atoms with Crippen molar-refractivity contribution in [2.45, 2.75) is 57.6 Å². The third-order valence-corrected chi connectivity index (χ3v) is 6.78. The van der Waals surface area contributed by atoms with Gasteiger partial charge < -0.3 is 4.74 Å². The van der Waals surface area contributed by atoms with Crippen LogP contribution < -0.4 is 4.74 Å². The Morgan fingerprint density at radius 2 is 1.46 bits per heavy atom. The first-order valence-electron chi connectivity index (χ1n) is 9.51. The Morgan fingerprint density at radius 1 is 0.808 bits per heavy atom. The molecule has 26 heavy (non-hydrogen) atoms. The zero-order chi connectivity index (χ0) is 18.8. The number of rotatable bonds is 11. The van der Waals surface area contributed by atoms with Crippen LogP contribution in [0.5, 0.6) is 11.5 Å². The van der Waals surface area contributed by atoms with Crippen LogP contribution in [0.2, 0.25) is 0 Å². The fourth-order valence-corrected chi connectivity index (χ4v) is 3.87. The molecule has 2 aromatic carbocycles. The first-order chi connectivity index (χ1) is 12.5. The van der Waals surface area contributed by atoms with E-state index >= 15 is 0 Å². The van der Waals surface area contributed by atoms with Gasteiger partial charge in [-0.2, -0.15) is 0 Å². The number of ether oxygens (including phenoxy) is 1. The monoisotopic (exact) mass is 374 g/mol. The summed E-state index contributed by atoms with van der Waals surface area (Å²) in [5.41, 5.74) is 1.28. The van der Waals surface area contributed by atoms with Crippen LogP contribution >= 0.6 is 0 Å². The number of hydrogen-bond acceptors (Lipinski definition) is 3. The average molecular weight is 375 g/mol. The molecule has 0 aliphatic heterocycles. The molecule has 2 aromatic rings. The van der Waals surface area contributed by atoms with Gasteiger partial charge in [0, 0.05) is 0 Å². The summed E-state index contributed by atoms with van der Waals surface area (Å²) < 4.78 is 29.4. The van der Waals surface area contributed by atoms with E-state index in [-0.39, 0.29) is 5.25 Å². The molecular formula is C22H30O3S. The average Bonchev–Trinajstić information content (AvgIpc) is 2.62. The third kappa shape index (κ3) is 7.20. The van der Waals surface area contributed by atoms with Gasteiger partial charge in [-0.3, -0.25) is 0 Å². The Bertz CT molecular complexity index is 752. The number of benzene rings is 2. The van der Waals surface area contributed by atoms with Gasteiger partial charge in [-0.05, 0) is 62.9 Å². The summed E-state index contributed by atoms with van der Waals surface area (Å²) in [7, 11) is -2.88. The van der Waals surface area contributed by atoms with E-state index in [2.05, 4.69) is 12.1 Å². The van der Waals surface area contributed by atoms with E-state index in [4.69, 9.17) is 4.74 Å². The maximum absolute atomic E-state index is 11.8. The molecule has 0 N–H and O–H groups in total. The topological polar surface area (TPSA) is 43.4 Å². The molecule has 0 bridgehead atoms. The van der Waals surface area contributed by atoms with Crippen LogP contribution in [0.25, 0.3) is 0 Å². The molecule has 0 unspecified atom stereocenters. The van der Waals surface area contributed by atoms with E-state index in [1.807, 2.05) is 42.5 Å². The lowest BCUT2D eigenvalue weighted by Gasteiger charge is -2.08. The second-order valence-corrected chi connectivity index (χ2v) is 9.67. The van der Waals surface area contributed by atoms with Crippen molar-refractivity contribution in [3.05, 3.63) is 60.2 Å². The van der Waals surface area contributed by atoms with E-state index in [0.717, 1.165) is 50.0 Å². The minimum atomic E-state index is -2.88. The molecule has 0 aliphatic rings. The van der Waals surface area contributed by atoms with Crippen molar-refractivity contribution in [3.63, 3.8) is 0 Å². The van der Waals surface area contributed by atoms with Crippen molar-refractivity contribution in [1.29, 1.82) is 0 Å². The minimum Gasteiger partial charge on any atom is -0.457 e. The van der Waals surface area contributed by atoms with Gasteiger partial charge in [0.2, 0.25) is 0 Å². The van der Waals surface area contributed by atoms with Crippen molar-refractivity contribution in [1.82, 2.24) is 0 Å². The van der Waals surface area contributed by atoms with Gasteiger partial charge >= 0.3 is 0 Å². The molecule has 3 nitrogen and oxygen atoms in total. The molecule has 142 valence electrons. The molecule has 0 aliphatic carbocycles. The number of unbranched alkanes of at least 4 members (excludes halogenated alkanes) is 4. The first kappa shape index (κ1) is 20.5. The predicted octanol–water partition coefficient (Wildman–Crippen LogP) is 5.80. The van der Waals surface area contributed by atoms with Crippen LogP contribution in [0.4, 0.5) is 0 Å². The summed E-state index contributed by atoms with van der Waals surface area (Å²) in [6.45, 7) is 3.51. The lowest BCUT2D eigenvalue weighted by atomic mass is 10.1. The second kappa shape index (κ2) is 10.4. The Labute approximate surface area is 158 Å². The molecule has 0 aromatic heterocycles. The number of para-hydroxylation sites is 1. The predicted molar refractivity (Wildman–Crippen MR) is 109 cm³/mol. The third-order valence-electron chi connectivity index (χ3n) is 4.49. The molecule has 2 rings (SSSR count). The fourth-order valence-electron chi connectivity index (χ4n) is 2.79. The van der Waals surface area contributed by atoms with Gasteiger partial charge in [0.05, 0.1) is 11.0 Å². The Morgan fingerprint density at radius 3 is 2.19 bits per heavy atom. The van der Waals surface area contributed by atoms with Crippen LogP contribution in [0, 0.1) is 0 Å². The van der Waals surface area contributed by atoms with Crippen molar-refractivity contribution < 1.29 is 13.2 Å². The van der Waals surface area contributed by atoms with Gasteiger partial charge in [-0.25, -0.2) is 8.42 Å². The van der Waals surface area contributed by atoms with Gasteiger partial charge in [0.15, 0.2) is 9.84 Å². The molecule has 0 radical (unpaired) electrons. The second-order valence-electron chi connectivity index (χ2n) is 7.00. The molecule has 0 saturated heterocycles. The van der Waals surface area contributed by atoms with Gasteiger partial charge in [0.25, 0.3) is 0 Å². The molecule has 0 heterocycles. The largest absolute Gasteiger partial charge is 0.457 e. The highest BCUT2D eigenvalue weighted by atomic mass is 32.2. The summed E-state index contributed by atoms with van der Waals surface area (Å²) >= 11 is 0. The zero-order valence-corrected chi connectivity index (χ0v) is 16.7. The Kier molecular flexibility index (Phi) is 8.17. The first-order valence-corrected chi connectivity index (χ1v) is 11.2. The lowest BCUT2D eigenvalue weighted by Crippen LogP contribution is -2.17. The molecule has 4 heteroatoms. The molecule has 0 atom stereocenters. The van der Waals surface area contributed by atoms with Crippen molar-refractivity contribution >= 4 is 9.84 Å². The normalized spacial score (nSPS) is 11.7. The number of hydrogen-bond donors (Lipinski definition) is 0. The smallest absolute Gasteiger partial charge is 0.152 e. The maximum atomic E-state index is 11.8. The maximum Gasteiger partial charge on any atom is 0.152 e. The highest BCUT2D eigenvalue weighted by Crippen LogP contribution is 2.22. The van der Waals surface area contributed by atoms with Crippen molar-refractivity contribution in [2.24, 2.45) is 0 Å². The SMILES string of the molecule is CC(C)S(=O)(=O)CCCCCCCc1cccc(Oc2ccccc2)c1. The van der Waals surface area contributed by atoms with E-state index in [0.29, 0.717) is 5.75 Å². The summed E-state index contributed by atoms with van der Waals surface area (Å²) in [6.07, 6.45) is 6.13. The fraction of sp³-hybridized carbons (Fsp3) is 0.455. The van der Waals surface area contributed by atoms with Crippen LogP contribution in [0.1, 0.15) is 51.5 Å². The molecule has 0 spiro atoms. The van der Waals surface area contributed by atoms with E-state index in [1.54, 1.807) is 13.8 Å². The van der Waals surface area contributed by atoms with Gasteiger partial charge in [-0.1, -0.05) is 49.6 Å². The number of aryl methyl sites for hydroxylation is 1. The molecule has 0 fully saturated rings. The highest BCUT2D eigenvalue weighted by Gasteiger charge is 2.14. The summed E-state index contributed by atoms with van der Waals surface area (Å²) in [5.74, 6) is 2.04. The zero-order valence-electron chi connectivity index (χ0n) is 15.9. The molecule has 0 amide bonds. The van der Waals surface area contributed by atoms with Crippen molar-refractivity contribution in [2.75, 3.05) is 5.75 Å². The summed E-state index contributed by atoms with van der Waals surface area (Å²) in [6, 6.07) is 18.0. The Balaban J connectivity index is 1.66. The standard InChI is InChI=1S/C22H30O3S/c1-19(2)26(23,24)17-10-5-3-4-7-12-20-13-11-16-22(18-20)25-21-14-8-6-9-15-21/h6,8-9,11,13-16,18-19H,3-5,7,10,12,17H2,1-2H3. The lowest BCUT2D eigenvalue weighted by molar-refractivity contribution is 0.481. The van der Waals surface area contributed by atoms with Gasteiger partial charge in [0.1, 0.15) is 11.5 Å². The van der Waals surface area contributed by atoms with E-state index in [9.17, 15) is 8.42 Å². The summed E-state index contributed by atoms with van der Waals surface area (Å²) in [5, 5.41) is -0.257. The quantitative estimate of drug-likeness (QED) is 0.467. The summed E-state index contributed by atoms with van der Waals surface area (Å²) in [4.78, 5) is 0. The van der Waals surface area contributed by atoms with E-state index in [1.165, 1.54) is 5.56 Å². The van der Waals surface area contributed by atoms with Crippen LogP contribution in [0.15, 0.2) is 54.6 Å². The highest BCUT2D eigenvalue weighted by molar-refractivity contribution is 7.91. The van der Waals surface area contributed by atoms with E-state index < -0.39 is 9.84 Å². The number of sulfone groups is 1. The minimum absolute atomic E-state index is 0.257. The van der Waals surface area contributed by atoms with Crippen molar-refractivity contribution in [3.8, 4) is 11.5 Å². The van der Waals surface area contributed by atoms with Crippen LogP contribution in [0.3, 0.4) is 0 Å².